The molecular formula is C21H18N2O4. The number of aryl methyl sites for hydroxylation is 2. The zero-order chi connectivity index (χ0) is 19.4. The first-order chi connectivity index (χ1) is 13.0. The van der Waals surface area contributed by atoms with E-state index in [1.165, 1.54) is 0 Å². The fourth-order valence-electron chi connectivity index (χ4n) is 2.74. The quantitative estimate of drug-likeness (QED) is 0.491. The fourth-order valence-corrected chi connectivity index (χ4v) is 2.74. The summed E-state index contributed by atoms with van der Waals surface area (Å²) in [6.07, 6.45) is 4.29. The average molecular weight is 362 g/mol. The van der Waals surface area contributed by atoms with E-state index >= 15 is 0 Å². The summed E-state index contributed by atoms with van der Waals surface area (Å²) in [4.78, 5) is 24.7. The van der Waals surface area contributed by atoms with Gasteiger partial charge in [-0.15, -0.1) is 0 Å². The number of carbonyl (C=O) groups excluding carboxylic acids is 2. The maximum Gasteiger partial charge on any atom is 0.343 e. The van der Waals surface area contributed by atoms with Crippen LogP contribution in [0, 0.1) is 18.3 Å². The number of carbonyl (C=O) groups is 2. The Balaban J connectivity index is 1.76. The van der Waals surface area contributed by atoms with E-state index in [4.69, 9.17) is 9.15 Å². The fraction of sp³-hybridized carbons (Fsp3) is 0.190. The van der Waals surface area contributed by atoms with Gasteiger partial charge in [0.1, 0.15) is 23.0 Å². The van der Waals surface area contributed by atoms with Crippen molar-refractivity contribution in [1.29, 1.82) is 5.26 Å². The summed E-state index contributed by atoms with van der Waals surface area (Å²) in [6, 6.07) is 12.7. The predicted octanol–water partition coefficient (Wildman–Crippen LogP) is 3.85. The van der Waals surface area contributed by atoms with Crippen LogP contribution >= 0.6 is 0 Å². The molecule has 3 rings (SSSR count). The van der Waals surface area contributed by atoms with Crippen molar-refractivity contribution in [3.63, 3.8) is 0 Å². The van der Waals surface area contributed by atoms with Gasteiger partial charge in [0, 0.05) is 18.0 Å². The third-order valence-corrected chi connectivity index (χ3v) is 4.24. The van der Waals surface area contributed by atoms with Gasteiger partial charge in [0.2, 0.25) is 5.88 Å². The van der Waals surface area contributed by atoms with Crippen molar-refractivity contribution in [3.8, 4) is 12.0 Å². The molecule has 0 saturated heterocycles. The Morgan fingerprint density at radius 3 is 2.44 bits per heavy atom. The number of hydrogen-bond donors (Lipinski definition) is 0. The molecule has 0 bridgehead atoms. The van der Waals surface area contributed by atoms with Gasteiger partial charge in [0.05, 0.1) is 0 Å². The summed E-state index contributed by atoms with van der Waals surface area (Å²) in [5.41, 5.74) is 1.70. The lowest BCUT2D eigenvalue weighted by Gasteiger charge is -2.05. The van der Waals surface area contributed by atoms with Crippen LogP contribution in [-0.4, -0.2) is 22.9 Å². The minimum absolute atomic E-state index is 0.0373. The van der Waals surface area contributed by atoms with Crippen molar-refractivity contribution in [3.05, 3.63) is 76.8 Å². The molecule has 6 nitrogen and oxygen atoms in total. The molecule has 2 heterocycles. The number of Topliss-reactive ketones (excluding diaryl/α,β-unsaturated/α-hetero) is 1. The largest absolute Gasteiger partial charge is 0.454 e. The lowest BCUT2D eigenvalue weighted by Crippen LogP contribution is -2.15. The Labute approximate surface area is 156 Å². The third kappa shape index (κ3) is 3.67. The third-order valence-electron chi connectivity index (χ3n) is 4.24. The van der Waals surface area contributed by atoms with E-state index in [2.05, 4.69) is 0 Å². The van der Waals surface area contributed by atoms with Crippen molar-refractivity contribution >= 4 is 11.8 Å². The van der Waals surface area contributed by atoms with Crippen LogP contribution in [-0.2, 0) is 11.2 Å². The van der Waals surface area contributed by atoms with E-state index in [1.54, 1.807) is 48.1 Å². The number of benzene rings is 1. The highest BCUT2D eigenvalue weighted by Gasteiger charge is 2.26. The molecule has 136 valence electrons. The molecule has 0 amide bonds. The van der Waals surface area contributed by atoms with E-state index < -0.39 is 12.6 Å². The monoisotopic (exact) mass is 362 g/mol. The lowest BCUT2D eigenvalue weighted by atomic mass is 10.1. The molecular weight excluding hydrogens is 344 g/mol. The van der Waals surface area contributed by atoms with Crippen LogP contribution in [0.15, 0.2) is 53.2 Å². The van der Waals surface area contributed by atoms with Gasteiger partial charge in [-0.05, 0) is 31.0 Å². The van der Waals surface area contributed by atoms with Crippen LogP contribution in [0.4, 0.5) is 0 Å². The topological polar surface area (TPSA) is 85.2 Å². The second-order valence-corrected chi connectivity index (χ2v) is 5.97. The van der Waals surface area contributed by atoms with Crippen molar-refractivity contribution in [2.75, 3.05) is 6.61 Å². The molecule has 0 N–H and O–H groups in total. The van der Waals surface area contributed by atoms with Gasteiger partial charge >= 0.3 is 5.97 Å². The van der Waals surface area contributed by atoms with Crippen LogP contribution in [0.2, 0.25) is 0 Å². The van der Waals surface area contributed by atoms with Gasteiger partial charge in [-0.2, -0.15) is 5.26 Å². The first-order valence-corrected chi connectivity index (χ1v) is 8.51. The number of furan rings is 1. The van der Waals surface area contributed by atoms with E-state index in [9.17, 15) is 14.9 Å². The minimum atomic E-state index is -0.760. The maximum absolute atomic E-state index is 12.5. The molecule has 2 aromatic heterocycles. The van der Waals surface area contributed by atoms with Gasteiger partial charge in [0.25, 0.3) is 0 Å². The van der Waals surface area contributed by atoms with Crippen LogP contribution in [0.3, 0.4) is 0 Å². The number of ether oxygens (including phenoxy) is 1. The van der Waals surface area contributed by atoms with Crippen LogP contribution in [0.25, 0.3) is 5.88 Å². The van der Waals surface area contributed by atoms with E-state index in [0.717, 1.165) is 12.0 Å². The standard InChI is InChI=1S/C21H18N2O4/c1-3-15-6-8-16(9-7-15)18(24)13-26-21(25)19-14(2)27-20(17(19)12-22)23-10-4-5-11-23/h4-11H,3,13H2,1-2H3. The minimum Gasteiger partial charge on any atom is -0.454 e. The number of nitriles is 1. The number of nitrogens with zero attached hydrogens (tertiary/aromatic N) is 2. The molecule has 0 fully saturated rings. The molecule has 0 aliphatic rings. The number of ketones is 1. The van der Waals surface area contributed by atoms with E-state index in [-0.39, 0.29) is 28.6 Å². The molecule has 0 aliphatic heterocycles. The van der Waals surface area contributed by atoms with Crippen LogP contribution in [0.5, 0.6) is 0 Å². The summed E-state index contributed by atoms with van der Waals surface area (Å²) < 4.78 is 12.3. The first kappa shape index (κ1) is 18.2. The second-order valence-electron chi connectivity index (χ2n) is 5.97. The number of aromatic nitrogens is 1. The average Bonchev–Trinajstić information content (AvgIpc) is 3.33. The van der Waals surface area contributed by atoms with Crippen LogP contribution in [0.1, 0.15) is 44.5 Å². The highest BCUT2D eigenvalue weighted by atomic mass is 16.5. The molecule has 3 aromatic rings. The molecule has 0 aliphatic carbocycles. The van der Waals surface area contributed by atoms with Crippen molar-refractivity contribution in [2.24, 2.45) is 0 Å². The Bertz CT molecular complexity index is 1010. The summed E-state index contributed by atoms with van der Waals surface area (Å²) >= 11 is 0. The van der Waals surface area contributed by atoms with E-state index in [1.807, 2.05) is 25.1 Å². The first-order valence-electron chi connectivity index (χ1n) is 8.51. The van der Waals surface area contributed by atoms with E-state index in [0.29, 0.717) is 5.56 Å². The smallest absolute Gasteiger partial charge is 0.343 e. The Morgan fingerprint density at radius 2 is 1.85 bits per heavy atom. The summed E-state index contributed by atoms with van der Waals surface area (Å²) in [5, 5.41) is 9.47. The van der Waals surface area contributed by atoms with Gasteiger partial charge in [-0.3, -0.25) is 9.36 Å². The van der Waals surface area contributed by atoms with Gasteiger partial charge in [-0.25, -0.2) is 4.79 Å². The number of rotatable bonds is 6. The maximum atomic E-state index is 12.5. The zero-order valence-corrected chi connectivity index (χ0v) is 15.1. The number of esters is 1. The SMILES string of the molecule is CCc1ccc(C(=O)COC(=O)c2c(C)oc(-n3cccc3)c2C#N)cc1. The highest BCUT2D eigenvalue weighted by molar-refractivity contribution is 6.00. The second kappa shape index (κ2) is 7.75. The van der Waals surface area contributed by atoms with Gasteiger partial charge in [-0.1, -0.05) is 31.2 Å². The van der Waals surface area contributed by atoms with Crippen molar-refractivity contribution < 1.29 is 18.7 Å². The Kier molecular flexibility index (Phi) is 5.23. The van der Waals surface area contributed by atoms with Crippen LogP contribution < -0.4 is 0 Å². The highest BCUT2D eigenvalue weighted by Crippen LogP contribution is 2.26. The summed E-state index contributed by atoms with van der Waals surface area (Å²) in [6.45, 7) is 3.20. The molecule has 0 spiro atoms. The molecule has 1 aromatic carbocycles. The molecule has 0 saturated carbocycles. The number of hydrogen-bond acceptors (Lipinski definition) is 5. The Hall–Kier alpha value is -3.59. The predicted molar refractivity (Wildman–Crippen MR) is 97.9 cm³/mol. The molecule has 0 radical (unpaired) electrons. The van der Waals surface area contributed by atoms with Crippen molar-refractivity contribution in [1.82, 2.24) is 4.57 Å². The van der Waals surface area contributed by atoms with Gasteiger partial charge in [0.15, 0.2) is 12.4 Å². The summed E-state index contributed by atoms with van der Waals surface area (Å²) in [5.74, 6) is -0.561. The molecule has 27 heavy (non-hydrogen) atoms. The normalized spacial score (nSPS) is 10.4. The molecule has 0 atom stereocenters. The van der Waals surface area contributed by atoms with Crippen molar-refractivity contribution in [2.45, 2.75) is 20.3 Å². The van der Waals surface area contributed by atoms with Gasteiger partial charge < -0.3 is 9.15 Å². The lowest BCUT2D eigenvalue weighted by molar-refractivity contribution is 0.0472. The summed E-state index contributed by atoms with van der Waals surface area (Å²) in [7, 11) is 0. The Morgan fingerprint density at radius 1 is 1.19 bits per heavy atom. The zero-order valence-electron chi connectivity index (χ0n) is 15.1. The molecule has 6 heteroatoms. The molecule has 0 unspecified atom stereocenters.